The summed E-state index contributed by atoms with van der Waals surface area (Å²) in [6, 6.07) is 12.8. The second-order valence-electron chi connectivity index (χ2n) is 5.97. The van der Waals surface area contributed by atoms with E-state index in [0.717, 1.165) is 38.5 Å². The van der Waals surface area contributed by atoms with Gasteiger partial charge in [-0.25, -0.2) is 0 Å². The van der Waals surface area contributed by atoms with E-state index in [9.17, 15) is 4.79 Å². The van der Waals surface area contributed by atoms with Crippen LogP contribution >= 0.6 is 23.2 Å². The lowest BCUT2D eigenvalue weighted by Gasteiger charge is -2.26. The fraction of sp³-hybridized carbons (Fsp3) is 0.316. The number of nitrogens with zero attached hydrogens (tertiary/aromatic N) is 1. The van der Waals surface area contributed by atoms with Crippen molar-refractivity contribution in [3.8, 4) is 5.75 Å². The zero-order chi connectivity index (χ0) is 18.4. The van der Waals surface area contributed by atoms with E-state index >= 15 is 0 Å². The molecular formula is C19H20Cl2N2O3. The molecule has 0 saturated carbocycles. The number of carbonyl (C=O) groups is 1. The summed E-state index contributed by atoms with van der Waals surface area (Å²) in [5, 5.41) is 3.54. The second kappa shape index (κ2) is 9.24. The van der Waals surface area contributed by atoms with E-state index in [1.807, 2.05) is 24.3 Å². The smallest absolute Gasteiger partial charge is 0.262 e. The van der Waals surface area contributed by atoms with Gasteiger partial charge < -0.3 is 14.8 Å². The lowest BCUT2D eigenvalue weighted by Crippen LogP contribution is -2.35. The number of ether oxygens (including phenoxy) is 2. The van der Waals surface area contributed by atoms with Crippen LogP contribution in [0.1, 0.15) is 5.56 Å². The van der Waals surface area contributed by atoms with Crippen LogP contribution in [0.3, 0.4) is 0 Å². The van der Waals surface area contributed by atoms with Gasteiger partial charge in [-0.3, -0.25) is 9.69 Å². The first-order valence-corrected chi connectivity index (χ1v) is 9.13. The van der Waals surface area contributed by atoms with Crippen molar-refractivity contribution in [3.63, 3.8) is 0 Å². The van der Waals surface area contributed by atoms with Crippen molar-refractivity contribution in [1.29, 1.82) is 0 Å². The number of morpholine rings is 1. The fourth-order valence-corrected chi connectivity index (χ4v) is 3.17. The van der Waals surface area contributed by atoms with Gasteiger partial charge in [0.05, 0.1) is 23.3 Å². The molecule has 1 aliphatic rings. The Bertz CT molecular complexity index is 727. The number of halogens is 2. The molecule has 3 rings (SSSR count). The standard InChI is InChI=1S/C19H20Cl2N2O3/c20-16-2-1-3-17(21)19(16)26-13-18(24)22-15-6-4-14(5-7-15)12-23-8-10-25-11-9-23/h1-7H,8-13H2,(H,22,24). The predicted molar refractivity (Wildman–Crippen MR) is 103 cm³/mol. The Morgan fingerprint density at radius 2 is 1.73 bits per heavy atom. The van der Waals surface area contributed by atoms with Gasteiger partial charge in [0.1, 0.15) is 0 Å². The highest BCUT2D eigenvalue weighted by molar-refractivity contribution is 6.37. The minimum absolute atomic E-state index is 0.168. The maximum Gasteiger partial charge on any atom is 0.262 e. The Labute approximate surface area is 162 Å². The molecule has 1 N–H and O–H groups in total. The fourth-order valence-electron chi connectivity index (χ4n) is 2.67. The first-order chi connectivity index (χ1) is 12.6. The van der Waals surface area contributed by atoms with Gasteiger partial charge in [-0.1, -0.05) is 41.4 Å². The maximum absolute atomic E-state index is 12.1. The first-order valence-electron chi connectivity index (χ1n) is 8.37. The summed E-state index contributed by atoms with van der Waals surface area (Å²) in [6.45, 7) is 4.17. The second-order valence-corrected chi connectivity index (χ2v) is 6.79. The van der Waals surface area contributed by atoms with E-state index in [0.29, 0.717) is 15.8 Å². The lowest BCUT2D eigenvalue weighted by molar-refractivity contribution is -0.118. The molecule has 0 aromatic heterocycles. The van der Waals surface area contributed by atoms with Crippen LogP contribution < -0.4 is 10.1 Å². The topological polar surface area (TPSA) is 50.8 Å². The Balaban J connectivity index is 1.49. The van der Waals surface area contributed by atoms with Crippen LogP contribution in [-0.4, -0.2) is 43.7 Å². The molecule has 2 aromatic carbocycles. The quantitative estimate of drug-likeness (QED) is 0.808. The summed E-state index contributed by atoms with van der Waals surface area (Å²) in [5.74, 6) is 0.0359. The normalized spacial score (nSPS) is 14.8. The molecule has 1 heterocycles. The molecule has 0 bridgehead atoms. The number of nitrogens with one attached hydrogen (secondary N) is 1. The van der Waals surface area contributed by atoms with E-state index in [-0.39, 0.29) is 12.5 Å². The van der Waals surface area contributed by atoms with Crippen LogP contribution in [0, 0.1) is 0 Å². The van der Waals surface area contributed by atoms with Gasteiger partial charge in [0.25, 0.3) is 5.91 Å². The number of rotatable bonds is 6. The van der Waals surface area contributed by atoms with Gasteiger partial charge in [0, 0.05) is 25.3 Å². The number of hydrogen-bond donors (Lipinski definition) is 1. The highest BCUT2D eigenvalue weighted by Gasteiger charge is 2.12. The van der Waals surface area contributed by atoms with E-state index < -0.39 is 0 Å². The molecule has 2 aromatic rings. The molecule has 0 atom stereocenters. The van der Waals surface area contributed by atoms with Crippen molar-refractivity contribution >= 4 is 34.8 Å². The van der Waals surface area contributed by atoms with Gasteiger partial charge in [-0.15, -0.1) is 0 Å². The third-order valence-corrected chi connectivity index (χ3v) is 4.61. The average molecular weight is 395 g/mol. The van der Waals surface area contributed by atoms with Crippen LogP contribution in [0.2, 0.25) is 10.0 Å². The maximum atomic E-state index is 12.1. The molecule has 1 aliphatic heterocycles. The minimum Gasteiger partial charge on any atom is -0.481 e. The molecule has 7 heteroatoms. The van der Waals surface area contributed by atoms with Crippen LogP contribution in [0.15, 0.2) is 42.5 Å². The van der Waals surface area contributed by atoms with E-state index in [1.54, 1.807) is 18.2 Å². The van der Waals surface area contributed by atoms with Crippen molar-refractivity contribution in [2.75, 3.05) is 38.2 Å². The molecule has 0 aliphatic carbocycles. The molecule has 138 valence electrons. The minimum atomic E-state index is -0.276. The Hall–Kier alpha value is -1.79. The Morgan fingerprint density at radius 1 is 1.08 bits per heavy atom. The summed E-state index contributed by atoms with van der Waals surface area (Å²) in [7, 11) is 0. The first kappa shape index (κ1) is 19.0. The molecule has 0 spiro atoms. The van der Waals surface area contributed by atoms with Gasteiger partial charge in [0.15, 0.2) is 12.4 Å². The number of amides is 1. The third-order valence-electron chi connectivity index (χ3n) is 4.01. The van der Waals surface area contributed by atoms with Crippen LogP contribution in [0.4, 0.5) is 5.69 Å². The largest absolute Gasteiger partial charge is 0.481 e. The summed E-state index contributed by atoms with van der Waals surface area (Å²) in [4.78, 5) is 14.4. The Morgan fingerprint density at radius 3 is 2.38 bits per heavy atom. The number of benzene rings is 2. The summed E-state index contributed by atoms with van der Waals surface area (Å²) in [6.07, 6.45) is 0. The van der Waals surface area contributed by atoms with E-state index in [1.165, 1.54) is 5.56 Å². The monoisotopic (exact) mass is 394 g/mol. The van der Waals surface area contributed by atoms with Crippen LogP contribution in [0.25, 0.3) is 0 Å². The zero-order valence-corrected chi connectivity index (χ0v) is 15.7. The summed E-state index contributed by atoms with van der Waals surface area (Å²) >= 11 is 12.0. The zero-order valence-electron chi connectivity index (χ0n) is 14.2. The molecule has 5 nitrogen and oxygen atoms in total. The van der Waals surface area contributed by atoms with Crippen LogP contribution in [0.5, 0.6) is 5.75 Å². The van der Waals surface area contributed by atoms with Crippen molar-refractivity contribution in [1.82, 2.24) is 4.90 Å². The lowest BCUT2D eigenvalue weighted by atomic mass is 10.2. The van der Waals surface area contributed by atoms with E-state index in [4.69, 9.17) is 32.7 Å². The summed E-state index contributed by atoms with van der Waals surface area (Å²) < 4.78 is 10.8. The van der Waals surface area contributed by atoms with Gasteiger partial charge in [-0.2, -0.15) is 0 Å². The highest BCUT2D eigenvalue weighted by atomic mass is 35.5. The average Bonchev–Trinajstić information content (AvgIpc) is 2.64. The van der Waals surface area contributed by atoms with Crippen molar-refractivity contribution in [2.45, 2.75) is 6.54 Å². The molecule has 26 heavy (non-hydrogen) atoms. The number of anilines is 1. The SMILES string of the molecule is O=C(COc1c(Cl)cccc1Cl)Nc1ccc(CN2CCOCC2)cc1. The van der Waals surface area contributed by atoms with Crippen molar-refractivity contribution in [2.24, 2.45) is 0 Å². The predicted octanol–water partition coefficient (Wildman–Crippen LogP) is 3.84. The van der Waals surface area contributed by atoms with Crippen molar-refractivity contribution in [3.05, 3.63) is 58.1 Å². The summed E-state index contributed by atoms with van der Waals surface area (Å²) in [5.41, 5.74) is 1.92. The Kier molecular flexibility index (Phi) is 6.74. The highest BCUT2D eigenvalue weighted by Crippen LogP contribution is 2.32. The van der Waals surface area contributed by atoms with E-state index in [2.05, 4.69) is 10.2 Å². The van der Waals surface area contributed by atoms with Gasteiger partial charge >= 0.3 is 0 Å². The molecule has 1 amide bonds. The third kappa shape index (κ3) is 5.35. The molecule has 0 unspecified atom stereocenters. The van der Waals surface area contributed by atoms with Gasteiger partial charge in [-0.05, 0) is 29.8 Å². The van der Waals surface area contributed by atoms with Crippen LogP contribution in [-0.2, 0) is 16.1 Å². The number of para-hydroxylation sites is 1. The molecular weight excluding hydrogens is 375 g/mol. The molecule has 0 radical (unpaired) electrons. The molecule has 1 saturated heterocycles. The van der Waals surface area contributed by atoms with Crippen molar-refractivity contribution < 1.29 is 14.3 Å². The number of hydrogen-bond acceptors (Lipinski definition) is 4. The number of carbonyl (C=O) groups excluding carboxylic acids is 1. The van der Waals surface area contributed by atoms with Gasteiger partial charge in [0.2, 0.25) is 0 Å². The molecule has 1 fully saturated rings.